The number of aryl methyl sites for hydroxylation is 1. The van der Waals surface area contributed by atoms with Gasteiger partial charge in [-0.3, -0.25) is 0 Å². The molecule has 0 radical (unpaired) electrons. The molecule has 4 nitrogen and oxygen atoms in total. The maximum Gasteiger partial charge on any atom is 0.341 e. The van der Waals surface area contributed by atoms with Crippen LogP contribution in [0.15, 0.2) is 54.6 Å². The number of thiocarbonyl (C=S) groups is 1. The molecule has 0 saturated carbocycles. The van der Waals surface area contributed by atoms with Crippen molar-refractivity contribution in [1.29, 1.82) is 0 Å². The maximum atomic E-state index is 12.8. The molecule has 1 heterocycles. The first-order valence-electron chi connectivity index (χ1n) is 9.64. The first-order chi connectivity index (χ1) is 14.5. The first-order valence-corrected chi connectivity index (χ1v) is 11.2. The lowest BCUT2D eigenvalue weighted by molar-refractivity contribution is 0.0529. The number of nitrogens with one attached hydrogen (secondary N) is 2. The average molecular weight is 459 g/mol. The van der Waals surface area contributed by atoms with E-state index in [-0.39, 0.29) is 5.97 Å². The fourth-order valence-corrected chi connectivity index (χ4v) is 4.57. The van der Waals surface area contributed by atoms with Crippen molar-refractivity contribution in [3.05, 3.63) is 75.6 Å². The van der Waals surface area contributed by atoms with E-state index in [2.05, 4.69) is 10.6 Å². The second-order valence-electron chi connectivity index (χ2n) is 6.58. The van der Waals surface area contributed by atoms with Gasteiger partial charge in [0.05, 0.1) is 6.61 Å². The van der Waals surface area contributed by atoms with Gasteiger partial charge in [0.15, 0.2) is 5.11 Å². The summed E-state index contributed by atoms with van der Waals surface area (Å²) in [6, 6.07) is 17.6. The van der Waals surface area contributed by atoms with Gasteiger partial charge in [0.25, 0.3) is 0 Å². The van der Waals surface area contributed by atoms with Crippen molar-refractivity contribution in [2.75, 3.05) is 18.5 Å². The molecular weight excluding hydrogens is 436 g/mol. The summed E-state index contributed by atoms with van der Waals surface area (Å²) in [6.45, 7) is 4.77. The Kier molecular flexibility index (Phi) is 7.85. The molecule has 0 aliphatic heterocycles. The minimum Gasteiger partial charge on any atom is -0.462 e. The molecule has 3 aromatic rings. The van der Waals surface area contributed by atoms with Crippen LogP contribution in [0.25, 0.3) is 11.1 Å². The zero-order chi connectivity index (χ0) is 21.5. The number of hydrogen-bond acceptors (Lipinski definition) is 4. The normalized spacial score (nSPS) is 10.5. The SMILES string of the molecule is CCOC(=O)c1c(NC(=S)NCCc2ccc(Cl)cc2)sc(C)c1-c1ccccc1. The highest BCUT2D eigenvalue weighted by Gasteiger charge is 2.24. The lowest BCUT2D eigenvalue weighted by Crippen LogP contribution is -2.30. The van der Waals surface area contributed by atoms with Gasteiger partial charge in [-0.1, -0.05) is 54.1 Å². The number of hydrogen-bond donors (Lipinski definition) is 2. The van der Waals surface area contributed by atoms with Gasteiger partial charge in [-0.25, -0.2) is 4.79 Å². The zero-order valence-corrected chi connectivity index (χ0v) is 19.2. The first kappa shape index (κ1) is 22.3. The molecule has 30 heavy (non-hydrogen) atoms. The Labute approximate surface area is 191 Å². The molecular formula is C23H23ClN2O2S2. The molecule has 0 fully saturated rings. The number of rotatable bonds is 7. The lowest BCUT2D eigenvalue weighted by Gasteiger charge is -2.12. The summed E-state index contributed by atoms with van der Waals surface area (Å²) in [4.78, 5) is 13.8. The van der Waals surface area contributed by atoms with Crippen LogP contribution in [0.5, 0.6) is 0 Å². The van der Waals surface area contributed by atoms with E-state index in [9.17, 15) is 4.79 Å². The van der Waals surface area contributed by atoms with Crippen LogP contribution in [0.2, 0.25) is 5.02 Å². The molecule has 0 spiro atoms. The Morgan fingerprint density at radius 2 is 1.83 bits per heavy atom. The average Bonchev–Trinajstić information content (AvgIpc) is 3.06. The third-order valence-electron chi connectivity index (χ3n) is 4.47. The van der Waals surface area contributed by atoms with E-state index in [0.717, 1.165) is 27.4 Å². The number of benzene rings is 2. The Bertz CT molecular complexity index is 1020. The van der Waals surface area contributed by atoms with Crippen molar-refractivity contribution in [3.8, 4) is 11.1 Å². The van der Waals surface area contributed by atoms with E-state index in [1.165, 1.54) is 16.9 Å². The Hall–Kier alpha value is -2.41. The van der Waals surface area contributed by atoms with Crippen molar-refractivity contribution in [3.63, 3.8) is 0 Å². The third kappa shape index (κ3) is 5.59. The molecule has 1 aromatic heterocycles. The predicted molar refractivity (Wildman–Crippen MR) is 130 cm³/mol. The fourth-order valence-electron chi connectivity index (χ4n) is 3.10. The van der Waals surface area contributed by atoms with Crippen LogP contribution in [0.3, 0.4) is 0 Å². The van der Waals surface area contributed by atoms with Gasteiger partial charge in [0.2, 0.25) is 0 Å². The fraction of sp³-hybridized carbons (Fsp3) is 0.217. The molecule has 156 valence electrons. The third-order valence-corrected chi connectivity index (χ3v) is 5.98. The van der Waals surface area contributed by atoms with Gasteiger partial charge in [-0.2, -0.15) is 0 Å². The van der Waals surface area contributed by atoms with Crippen LogP contribution in [-0.2, 0) is 11.2 Å². The Balaban J connectivity index is 1.75. The van der Waals surface area contributed by atoms with Crippen LogP contribution in [0.1, 0.15) is 27.7 Å². The van der Waals surface area contributed by atoms with Crippen LogP contribution >= 0.6 is 35.2 Å². The zero-order valence-electron chi connectivity index (χ0n) is 16.8. The number of halogens is 1. The number of carbonyl (C=O) groups excluding carboxylic acids is 1. The summed E-state index contributed by atoms with van der Waals surface area (Å²) in [7, 11) is 0. The quantitative estimate of drug-likeness (QED) is 0.331. The standard InChI is InChI=1S/C23H23ClN2O2S2/c1-3-28-22(27)20-19(17-7-5-4-6-8-17)15(2)30-21(20)26-23(29)25-14-13-16-9-11-18(24)12-10-16/h4-12H,3,13-14H2,1-2H3,(H2,25,26,29). The molecule has 7 heteroatoms. The van der Waals surface area contributed by atoms with E-state index in [1.54, 1.807) is 6.92 Å². The molecule has 0 bridgehead atoms. The van der Waals surface area contributed by atoms with E-state index in [0.29, 0.717) is 28.8 Å². The second-order valence-corrected chi connectivity index (χ2v) is 8.65. The van der Waals surface area contributed by atoms with Gasteiger partial charge in [0.1, 0.15) is 10.6 Å². The lowest BCUT2D eigenvalue weighted by atomic mass is 10.0. The van der Waals surface area contributed by atoms with Crippen molar-refractivity contribution in [1.82, 2.24) is 5.32 Å². The number of thiophene rings is 1. The molecule has 3 rings (SSSR count). The van der Waals surface area contributed by atoms with E-state index < -0.39 is 0 Å². The highest BCUT2D eigenvalue weighted by atomic mass is 35.5. The molecule has 0 amide bonds. The summed E-state index contributed by atoms with van der Waals surface area (Å²) in [5.41, 5.74) is 3.54. The molecule has 2 N–H and O–H groups in total. The smallest absolute Gasteiger partial charge is 0.341 e. The second kappa shape index (κ2) is 10.6. The Morgan fingerprint density at radius 3 is 2.50 bits per heavy atom. The van der Waals surface area contributed by atoms with E-state index in [1.807, 2.05) is 61.5 Å². The van der Waals surface area contributed by atoms with Crippen LogP contribution in [0, 0.1) is 6.92 Å². The van der Waals surface area contributed by atoms with Gasteiger partial charge in [-0.05, 0) is 55.7 Å². The van der Waals surface area contributed by atoms with Gasteiger partial charge in [0, 0.05) is 22.0 Å². The summed E-state index contributed by atoms with van der Waals surface area (Å²) < 4.78 is 5.33. The number of esters is 1. The minimum atomic E-state index is -0.354. The van der Waals surface area contributed by atoms with Crippen LogP contribution in [-0.4, -0.2) is 24.2 Å². The van der Waals surface area contributed by atoms with Crippen LogP contribution < -0.4 is 10.6 Å². The maximum absolute atomic E-state index is 12.8. The Morgan fingerprint density at radius 1 is 1.13 bits per heavy atom. The van der Waals surface area contributed by atoms with Crippen molar-refractivity contribution >= 4 is 51.2 Å². The highest BCUT2D eigenvalue weighted by molar-refractivity contribution is 7.80. The molecule has 0 aliphatic carbocycles. The molecule has 0 aliphatic rings. The highest BCUT2D eigenvalue weighted by Crippen LogP contribution is 2.40. The molecule has 2 aromatic carbocycles. The summed E-state index contributed by atoms with van der Waals surface area (Å²) in [6.07, 6.45) is 0.808. The topological polar surface area (TPSA) is 50.4 Å². The summed E-state index contributed by atoms with van der Waals surface area (Å²) >= 11 is 12.9. The van der Waals surface area contributed by atoms with Crippen molar-refractivity contribution in [2.24, 2.45) is 0 Å². The molecule has 0 saturated heterocycles. The van der Waals surface area contributed by atoms with Crippen LogP contribution in [0.4, 0.5) is 5.00 Å². The number of ether oxygens (including phenoxy) is 1. The van der Waals surface area contributed by atoms with E-state index >= 15 is 0 Å². The molecule has 0 unspecified atom stereocenters. The number of anilines is 1. The monoisotopic (exact) mass is 458 g/mol. The van der Waals surface area contributed by atoms with Gasteiger partial charge in [-0.15, -0.1) is 11.3 Å². The van der Waals surface area contributed by atoms with Crippen molar-refractivity contribution < 1.29 is 9.53 Å². The van der Waals surface area contributed by atoms with Crippen molar-refractivity contribution in [2.45, 2.75) is 20.3 Å². The summed E-state index contributed by atoms with van der Waals surface area (Å²) in [5.74, 6) is -0.354. The van der Waals surface area contributed by atoms with Gasteiger partial charge >= 0.3 is 5.97 Å². The predicted octanol–water partition coefficient (Wildman–Crippen LogP) is 6.08. The number of carbonyl (C=O) groups is 1. The minimum absolute atomic E-state index is 0.311. The van der Waals surface area contributed by atoms with E-state index in [4.69, 9.17) is 28.6 Å². The summed E-state index contributed by atoms with van der Waals surface area (Å²) in [5, 5.41) is 8.27. The largest absolute Gasteiger partial charge is 0.462 e. The molecule has 0 atom stereocenters. The van der Waals surface area contributed by atoms with Gasteiger partial charge < -0.3 is 15.4 Å².